The summed E-state index contributed by atoms with van der Waals surface area (Å²) < 4.78 is 0.201. The van der Waals surface area contributed by atoms with Gasteiger partial charge in [-0.05, 0) is 24.2 Å². The van der Waals surface area contributed by atoms with Gasteiger partial charge in [0.05, 0.1) is 5.02 Å². The average Bonchev–Trinajstić information content (AvgIpc) is 2.17. The fourth-order valence-corrected chi connectivity index (χ4v) is 2.61. The van der Waals surface area contributed by atoms with E-state index in [0.717, 1.165) is 23.0 Å². The molecule has 1 N–H and O–H groups in total. The lowest BCUT2D eigenvalue weighted by Gasteiger charge is -2.18. The second-order valence-corrected chi connectivity index (χ2v) is 7.04. The van der Waals surface area contributed by atoms with E-state index in [1.165, 1.54) is 5.56 Å². The highest BCUT2D eigenvalue weighted by molar-refractivity contribution is 8.00. The van der Waals surface area contributed by atoms with Crippen molar-refractivity contribution in [2.75, 3.05) is 6.54 Å². The van der Waals surface area contributed by atoms with Crippen LogP contribution in [0.15, 0.2) is 23.1 Å². The summed E-state index contributed by atoms with van der Waals surface area (Å²) in [6.45, 7) is 10.6. The normalized spacial score (nSPS) is 11.8. The maximum atomic E-state index is 6.27. The predicted molar refractivity (Wildman–Crippen MR) is 74.4 cm³/mol. The zero-order chi connectivity index (χ0) is 12.2. The molecule has 90 valence electrons. The molecule has 0 saturated heterocycles. The molecule has 0 atom stereocenters. The molecule has 0 heterocycles. The molecule has 3 heteroatoms. The highest BCUT2D eigenvalue weighted by atomic mass is 35.5. The van der Waals surface area contributed by atoms with Crippen LogP contribution in [0.3, 0.4) is 0 Å². The van der Waals surface area contributed by atoms with Gasteiger partial charge in [0.15, 0.2) is 0 Å². The Hall–Kier alpha value is -0.180. The van der Waals surface area contributed by atoms with Crippen LogP contribution in [0.1, 0.15) is 33.3 Å². The quantitative estimate of drug-likeness (QED) is 0.806. The number of benzene rings is 1. The lowest BCUT2D eigenvalue weighted by molar-refractivity contribution is 0.726. The molecule has 0 unspecified atom stereocenters. The fraction of sp³-hybridized carbons (Fsp3) is 0.538. The Morgan fingerprint density at radius 3 is 2.50 bits per heavy atom. The maximum absolute atomic E-state index is 6.27. The average molecular weight is 258 g/mol. The molecular weight excluding hydrogens is 238 g/mol. The van der Waals surface area contributed by atoms with Crippen LogP contribution in [0, 0.1) is 0 Å². The minimum Gasteiger partial charge on any atom is -0.313 e. The molecule has 0 amide bonds. The van der Waals surface area contributed by atoms with Crippen LogP contribution in [0.4, 0.5) is 0 Å². The lowest BCUT2D eigenvalue weighted by Crippen LogP contribution is -2.11. The summed E-state index contributed by atoms with van der Waals surface area (Å²) in [6.07, 6.45) is 0. The van der Waals surface area contributed by atoms with Gasteiger partial charge in [0, 0.05) is 16.2 Å². The van der Waals surface area contributed by atoms with Crippen molar-refractivity contribution >= 4 is 23.4 Å². The minimum atomic E-state index is 0.201. The van der Waals surface area contributed by atoms with Gasteiger partial charge in [-0.15, -0.1) is 11.8 Å². The van der Waals surface area contributed by atoms with Crippen LogP contribution < -0.4 is 5.32 Å². The molecule has 16 heavy (non-hydrogen) atoms. The van der Waals surface area contributed by atoms with Gasteiger partial charge in [0.25, 0.3) is 0 Å². The molecule has 0 radical (unpaired) electrons. The summed E-state index contributed by atoms with van der Waals surface area (Å²) in [4.78, 5) is 1.16. The van der Waals surface area contributed by atoms with Gasteiger partial charge >= 0.3 is 0 Å². The van der Waals surface area contributed by atoms with Crippen LogP contribution in [-0.4, -0.2) is 11.3 Å². The number of thioether (sulfide) groups is 1. The van der Waals surface area contributed by atoms with Gasteiger partial charge in [-0.1, -0.05) is 45.4 Å². The van der Waals surface area contributed by atoms with Crippen LogP contribution in [0.2, 0.25) is 5.02 Å². The van der Waals surface area contributed by atoms with Crippen molar-refractivity contribution in [3.8, 4) is 0 Å². The molecule has 0 aliphatic carbocycles. The molecule has 1 aromatic carbocycles. The van der Waals surface area contributed by atoms with Gasteiger partial charge in [0.2, 0.25) is 0 Å². The van der Waals surface area contributed by atoms with Crippen molar-refractivity contribution in [3.05, 3.63) is 28.8 Å². The third kappa shape index (κ3) is 4.77. The van der Waals surface area contributed by atoms with E-state index in [1.807, 2.05) is 11.8 Å². The van der Waals surface area contributed by atoms with E-state index in [2.05, 4.69) is 51.2 Å². The van der Waals surface area contributed by atoms with Crippen molar-refractivity contribution in [3.63, 3.8) is 0 Å². The summed E-state index contributed by atoms with van der Waals surface area (Å²) in [6, 6.07) is 6.31. The van der Waals surface area contributed by atoms with Crippen LogP contribution in [0.25, 0.3) is 0 Å². The fourth-order valence-electron chi connectivity index (χ4n) is 1.34. The van der Waals surface area contributed by atoms with Crippen molar-refractivity contribution in [1.29, 1.82) is 0 Å². The molecule has 1 nitrogen and oxygen atoms in total. The van der Waals surface area contributed by atoms with E-state index < -0.39 is 0 Å². The first kappa shape index (κ1) is 13.9. The molecule has 0 fully saturated rings. The predicted octanol–water partition coefficient (Wildman–Crippen LogP) is 4.34. The van der Waals surface area contributed by atoms with Crippen molar-refractivity contribution in [2.24, 2.45) is 0 Å². The Morgan fingerprint density at radius 2 is 2.00 bits per heavy atom. The Labute approximate surface area is 108 Å². The molecule has 0 bridgehead atoms. The first-order valence-electron chi connectivity index (χ1n) is 5.60. The third-order valence-electron chi connectivity index (χ3n) is 1.99. The van der Waals surface area contributed by atoms with E-state index in [0.29, 0.717) is 0 Å². The lowest BCUT2D eigenvalue weighted by atomic mass is 10.2. The Balaban J connectivity index is 2.75. The standard InChI is InChI=1S/C13H20ClNS/c1-5-15-9-10-6-7-12(11(14)8-10)16-13(2,3)4/h6-8,15H,5,9H2,1-4H3. The largest absolute Gasteiger partial charge is 0.313 e. The molecule has 0 saturated carbocycles. The first-order chi connectivity index (χ1) is 7.42. The van der Waals surface area contributed by atoms with E-state index in [-0.39, 0.29) is 4.75 Å². The Bertz CT molecular complexity index is 344. The zero-order valence-corrected chi connectivity index (χ0v) is 12.0. The van der Waals surface area contributed by atoms with E-state index in [9.17, 15) is 0 Å². The second-order valence-electron chi connectivity index (χ2n) is 4.76. The van der Waals surface area contributed by atoms with Gasteiger partial charge in [0.1, 0.15) is 0 Å². The SMILES string of the molecule is CCNCc1ccc(SC(C)(C)C)c(Cl)c1. The van der Waals surface area contributed by atoms with E-state index in [4.69, 9.17) is 11.6 Å². The van der Waals surface area contributed by atoms with Crippen molar-refractivity contribution in [2.45, 2.75) is 43.9 Å². The number of halogens is 1. The van der Waals surface area contributed by atoms with Gasteiger partial charge < -0.3 is 5.32 Å². The van der Waals surface area contributed by atoms with Crippen molar-refractivity contribution < 1.29 is 0 Å². The maximum Gasteiger partial charge on any atom is 0.0545 e. The summed E-state index contributed by atoms with van der Waals surface area (Å²) >= 11 is 8.07. The molecular formula is C13H20ClNS. The summed E-state index contributed by atoms with van der Waals surface area (Å²) in [5.74, 6) is 0. The zero-order valence-electron chi connectivity index (χ0n) is 10.4. The number of hydrogen-bond acceptors (Lipinski definition) is 2. The highest BCUT2D eigenvalue weighted by Gasteiger charge is 2.14. The molecule has 0 aromatic heterocycles. The van der Waals surface area contributed by atoms with Crippen LogP contribution in [-0.2, 0) is 6.54 Å². The highest BCUT2D eigenvalue weighted by Crippen LogP contribution is 2.36. The molecule has 1 aromatic rings. The van der Waals surface area contributed by atoms with Gasteiger partial charge in [-0.2, -0.15) is 0 Å². The molecule has 0 aliphatic heterocycles. The molecule has 0 spiro atoms. The minimum absolute atomic E-state index is 0.201. The van der Waals surface area contributed by atoms with Gasteiger partial charge in [-0.25, -0.2) is 0 Å². The molecule has 1 rings (SSSR count). The van der Waals surface area contributed by atoms with E-state index >= 15 is 0 Å². The Morgan fingerprint density at radius 1 is 1.31 bits per heavy atom. The number of nitrogens with one attached hydrogen (secondary N) is 1. The summed E-state index contributed by atoms with van der Waals surface area (Å²) in [5.41, 5.74) is 1.24. The second kappa shape index (κ2) is 5.95. The van der Waals surface area contributed by atoms with Crippen molar-refractivity contribution in [1.82, 2.24) is 5.32 Å². The Kier molecular flexibility index (Phi) is 5.16. The topological polar surface area (TPSA) is 12.0 Å². The molecule has 0 aliphatic rings. The van der Waals surface area contributed by atoms with Gasteiger partial charge in [-0.3, -0.25) is 0 Å². The monoisotopic (exact) mass is 257 g/mol. The van der Waals surface area contributed by atoms with Crippen LogP contribution >= 0.6 is 23.4 Å². The summed E-state index contributed by atoms with van der Waals surface area (Å²) in [5, 5.41) is 4.15. The van der Waals surface area contributed by atoms with Crippen LogP contribution in [0.5, 0.6) is 0 Å². The smallest absolute Gasteiger partial charge is 0.0545 e. The summed E-state index contributed by atoms with van der Waals surface area (Å²) in [7, 11) is 0. The number of rotatable bonds is 4. The first-order valence-corrected chi connectivity index (χ1v) is 6.80. The van der Waals surface area contributed by atoms with E-state index in [1.54, 1.807) is 0 Å². The number of hydrogen-bond donors (Lipinski definition) is 1. The third-order valence-corrected chi connectivity index (χ3v) is 3.60.